The molecule has 0 spiro atoms. The van der Waals surface area contributed by atoms with Gasteiger partial charge in [-0.2, -0.15) is 0 Å². The zero-order chi connectivity index (χ0) is 12.5. The first-order valence-corrected chi connectivity index (χ1v) is 6.16. The minimum atomic E-state index is 0.129. The zero-order valence-electron chi connectivity index (χ0n) is 10.7. The summed E-state index contributed by atoms with van der Waals surface area (Å²) in [5, 5.41) is 3.17. The normalized spacial score (nSPS) is 10.2. The number of hydrogen-bond acceptors (Lipinski definition) is 3. The Morgan fingerprint density at radius 3 is 2.53 bits per heavy atom. The standard InChI is InChI=1S/C14H21NO2/c1-3-4-5-10-15-11-14(16)12-6-8-13(17-2)9-7-12/h6-9,15H,3-5,10-11H2,1-2H3. The quantitative estimate of drug-likeness (QED) is 0.556. The number of Topliss-reactive ketones (excluding diaryl/α,β-unsaturated/α-hetero) is 1. The number of hydrogen-bond donors (Lipinski definition) is 1. The summed E-state index contributed by atoms with van der Waals surface area (Å²) >= 11 is 0. The van der Waals surface area contributed by atoms with Crippen molar-refractivity contribution in [3.05, 3.63) is 29.8 Å². The fourth-order valence-electron chi connectivity index (χ4n) is 1.58. The van der Waals surface area contributed by atoms with Crippen molar-refractivity contribution in [1.29, 1.82) is 0 Å². The number of carbonyl (C=O) groups is 1. The van der Waals surface area contributed by atoms with E-state index in [9.17, 15) is 4.79 Å². The van der Waals surface area contributed by atoms with E-state index >= 15 is 0 Å². The van der Waals surface area contributed by atoms with Crippen LogP contribution in [0.25, 0.3) is 0 Å². The van der Waals surface area contributed by atoms with Crippen molar-refractivity contribution >= 4 is 5.78 Å². The molecular weight excluding hydrogens is 214 g/mol. The first-order valence-electron chi connectivity index (χ1n) is 6.16. The maximum atomic E-state index is 11.8. The van der Waals surface area contributed by atoms with Crippen molar-refractivity contribution in [2.24, 2.45) is 0 Å². The summed E-state index contributed by atoms with van der Waals surface area (Å²) in [4.78, 5) is 11.8. The smallest absolute Gasteiger partial charge is 0.176 e. The molecule has 17 heavy (non-hydrogen) atoms. The van der Waals surface area contributed by atoms with Gasteiger partial charge in [0, 0.05) is 5.56 Å². The minimum absolute atomic E-state index is 0.129. The van der Waals surface area contributed by atoms with Gasteiger partial charge in [-0.15, -0.1) is 0 Å². The Balaban J connectivity index is 2.31. The molecule has 0 radical (unpaired) electrons. The summed E-state index contributed by atoms with van der Waals surface area (Å²) < 4.78 is 5.05. The van der Waals surface area contributed by atoms with Crippen molar-refractivity contribution in [1.82, 2.24) is 5.32 Å². The van der Waals surface area contributed by atoms with Crippen LogP contribution in [-0.2, 0) is 0 Å². The molecule has 0 atom stereocenters. The van der Waals surface area contributed by atoms with Crippen LogP contribution in [0.1, 0.15) is 36.5 Å². The number of ketones is 1. The lowest BCUT2D eigenvalue weighted by Crippen LogP contribution is -2.23. The molecule has 94 valence electrons. The number of benzene rings is 1. The van der Waals surface area contributed by atoms with Crippen LogP contribution in [0, 0.1) is 0 Å². The van der Waals surface area contributed by atoms with Gasteiger partial charge >= 0.3 is 0 Å². The van der Waals surface area contributed by atoms with Crippen LogP contribution in [0.3, 0.4) is 0 Å². The molecular formula is C14H21NO2. The average molecular weight is 235 g/mol. The molecule has 0 heterocycles. The van der Waals surface area contributed by atoms with Crippen LogP contribution in [0.5, 0.6) is 5.75 Å². The molecule has 1 aromatic carbocycles. The monoisotopic (exact) mass is 235 g/mol. The highest BCUT2D eigenvalue weighted by atomic mass is 16.5. The molecule has 0 bridgehead atoms. The molecule has 0 aromatic heterocycles. The third-order valence-electron chi connectivity index (χ3n) is 2.65. The lowest BCUT2D eigenvalue weighted by Gasteiger charge is -2.04. The number of carbonyl (C=O) groups excluding carboxylic acids is 1. The van der Waals surface area contributed by atoms with E-state index in [0.29, 0.717) is 6.54 Å². The predicted octanol–water partition coefficient (Wildman–Crippen LogP) is 2.66. The molecule has 0 unspecified atom stereocenters. The van der Waals surface area contributed by atoms with Crippen molar-refractivity contribution in [2.75, 3.05) is 20.2 Å². The van der Waals surface area contributed by atoms with Gasteiger partial charge in [0.1, 0.15) is 5.75 Å². The van der Waals surface area contributed by atoms with Gasteiger partial charge in [0.2, 0.25) is 0 Å². The van der Waals surface area contributed by atoms with E-state index in [0.717, 1.165) is 24.3 Å². The summed E-state index contributed by atoms with van der Waals surface area (Å²) in [6, 6.07) is 7.22. The van der Waals surface area contributed by atoms with Crippen LogP contribution in [0.15, 0.2) is 24.3 Å². The fourth-order valence-corrected chi connectivity index (χ4v) is 1.58. The third kappa shape index (κ3) is 5.00. The van der Waals surface area contributed by atoms with Crippen molar-refractivity contribution < 1.29 is 9.53 Å². The Hall–Kier alpha value is -1.35. The van der Waals surface area contributed by atoms with Crippen LogP contribution in [0.4, 0.5) is 0 Å². The Labute approximate surface area is 103 Å². The number of ether oxygens (including phenoxy) is 1. The largest absolute Gasteiger partial charge is 0.497 e. The molecule has 0 aliphatic rings. The highest BCUT2D eigenvalue weighted by Crippen LogP contribution is 2.11. The highest BCUT2D eigenvalue weighted by Gasteiger charge is 2.04. The van der Waals surface area contributed by atoms with E-state index in [1.165, 1.54) is 12.8 Å². The first kappa shape index (κ1) is 13.7. The summed E-state index contributed by atoms with van der Waals surface area (Å²) in [7, 11) is 1.62. The topological polar surface area (TPSA) is 38.3 Å². The second-order valence-corrected chi connectivity index (χ2v) is 4.04. The Morgan fingerprint density at radius 2 is 1.94 bits per heavy atom. The molecule has 0 saturated carbocycles. The van der Waals surface area contributed by atoms with Crippen molar-refractivity contribution in [3.8, 4) is 5.75 Å². The van der Waals surface area contributed by atoms with Gasteiger partial charge < -0.3 is 10.1 Å². The summed E-state index contributed by atoms with van der Waals surface area (Å²) in [6.07, 6.45) is 3.55. The molecule has 0 saturated heterocycles. The van der Waals surface area contributed by atoms with Gasteiger partial charge in [0.15, 0.2) is 5.78 Å². The van der Waals surface area contributed by atoms with Gasteiger partial charge in [0.25, 0.3) is 0 Å². The van der Waals surface area contributed by atoms with Gasteiger partial charge in [-0.05, 0) is 37.2 Å². The molecule has 3 nitrogen and oxygen atoms in total. The Morgan fingerprint density at radius 1 is 1.24 bits per heavy atom. The number of rotatable bonds is 8. The SMILES string of the molecule is CCCCCNCC(=O)c1ccc(OC)cc1. The van der Waals surface area contributed by atoms with Crippen LogP contribution in [-0.4, -0.2) is 26.0 Å². The lowest BCUT2D eigenvalue weighted by atomic mass is 10.1. The van der Waals surface area contributed by atoms with E-state index in [4.69, 9.17) is 4.74 Å². The second-order valence-electron chi connectivity index (χ2n) is 4.04. The average Bonchev–Trinajstić information content (AvgIpc) is 2.38. The van der Waals surface area contributed by atoms with Crippen LogP contribution >= 0.6 is 0 Å². The first-order chi connectivity index (χ1) is 8.27. The molecule has 0 aliphatic carbocycles. The van der Waals surface area contributed by atoms with Gasteiger partial charge in [-0.1, -0.05) is 19.8 Å². The van der Waals surface area contributed by atoms with Gasteiger partial charge in [-0.3, -0.25) is 4.79 Å². The Bertz CT molecular complexity index is 333. The molecule has 1 rings (SSSR count). The highest BCUT2D eigenvalue weighted by molar-refractivity contribution is 5.97. The number of unbranched alkanes of at least 4 members (excludes halogenated alkanes) is 2. The third-order valence-corrected chi connectivity index (χ3v) is 2.65. The second kappa shape index (κ2) is 7.85. The maximum Gasteiger partial charge on any atom is 0.176 e. The van der Waals surface area contributed by atoms with E-state index in [1.807, 2.05) is 12.1 Å². The Kier molecular flexibility index (Phi) is 6.33. The zero-order valence-corrected chi connectivity index (χ0v) is 10.7. The summed E-state index contributed by atoms with van der Waals surface area (Å²) in [6.45, 7) is 3.49. The van der Waals surface area contributed by atoms with E-state index in [-0.39, 0.29) is 5.78 Å². The molecule has 1 aromatic rings. The fraction of sp³-hybridized carbons (Fsp3) is 0.500. The molecule has 1 N–H and O–H groups in total. The van der Waals surface area contributed by atoms with Crippen LogP contribution < -0.4 is 10.1 Å². The van der Waals surface area contributed by atoms with Crippen molar-refractivity contribution in [3.63, 3.8) is 0 Å². The lowest BCUT2D eigenvalue weighted by molar-refractivity contribution is 0.0991. The summed E-state index contributed by atoms with van der Waals surface area (Å²) in [5.41, 5.74) is 0.730. The van der Waals surface area contributed by atoms with E-state index in [1.54, 1.807) is 19.2 Å². The molecule has 3 heteroatoms. The van der Waals surface area contributed by atoms with Crippen molar-refractivity contribution in [2.45, 2.75) is 26.2 Å². The predicted molar refractivity (Wildman–Crippen MR) is 69.7 cm³/mol. The number of nitrogens with one attached hydrogen (secondary N) is 1. The maximum absolute atomic E-state index is 11.8. The van der Waals surface area contributed by atoms with Gasteiger partial charge in [-0.25, -0.2) is 0 Å². The molecule has 0 aliphatic heterocycles. The van der Waals surface area contributed by atoms with E-state index in [2.05, 4.69) is 12.2 Å². The molecule has 0 fully saturated rings. The van der Waals surface area contributed by atoms with Gasteiger partial charge in [0.05, 0.1) is 13.7 Å². The van der Waals surface area contributed by atoms with Crippen LogP contribution in [0.2, 0.25) is 0 Å². The molecule has 0 amide bonds. The number of methoxy groups -OCH3 is 1. The minimum Gasteiger partial charge on any atom is -0.497 e. The van der Waals surface area contributed by atoms with E-state index < -0.39 is 0 Å². The summed E-state index contributed by atoms with van der Waals surface area (Å²) in [5.74, 6) is 0.904.